The molecule has 1 aliphatic rings. The predicted molar refractivity (Wildman–Crippen MR) is 120 cm³/mol. The minimum atomic E-state index is -0.731. The summed E-state index contributed by atoms with van der Waals surface area (Å²) >= 11 is 0. The molecule has 0 fully saturated rings. The van der Waals surface area contributed by atoms with Gasteiger partial charge in [0.1, 0.15) is 30.8 Å². The first kappa shape index (κ1) is 20.5. The van der Waals surface area contributed by atoms with Crippen LogP contribution in [0.4, 0.5) is 5.69 Å². The predicted octanol–water partition coefficient (Wildman–Crippen LogP) is 3.85. The second-order valence-electron chi connectivity index (χ2n) is 7.48. The van der Waals surface area contributed by atoms with Crippen LogP contribution in [0, 0.1) is 13.8 Å². The van der Waals surface area contributed by atoms with E-state index in [1.165, 1.54) is 6.33 Å². The number of ether oxygens (including phenoxy) is 3. The van der Waals surface area contributed by atoms with Crippen LogP contribution in [0.2, 0.25) is 0 Å². The van der Waals surface area contributed by atoms with Crippen molar-refractivity contribution in [3.63, 3.8) is 0 Å². The van der Waals surface area contributed by atoms with Crippen LogP contribution in [0.3, 0.4) is 0 Å². The number of nitrogens with zero attached hydrogens (tertiary/aromatic N) is 4. The van der Waals surface area contributed by atoms with E-state index in [2.05, 4.69) is 20.3 Å². The summed E-state index contributed by atoms with van der Waals surface area (Å²) < 4.78 is 19.1. The molecule has 9 nitrogen and oxygen atoms in total. The number of benzene rings is 2. The van der Waals surface area contributed by atoms with E-state index in [-0.39, 0.29) is 12.5 Å². The fraction of sp³-hybridized carbons (Fsp3) is 0.167. The zero-order chi connectivity index (χ0) is 22.8. The largest absolute Gasteiger partial charge is 0.485 e. The third-order valence-corrected chi connectivity index (χ3v) is 5.27. The minimum Gasteiger partial charge on any atom is -0.485 e. The lowest BCUT2D eigenvalue weighted by Crippen LogP contribution is -2.40. The highest BCUT2D eigenvalue weighted by atomic mass is 16.6. The van der Waals surface area contributed by atoms with Gasteiger partial charge < -0.3 is 19.5 Å². The number of carbonyl (C=O) groups is 1. The molecular formula is C24H21N5O4. The number of nitrogens with one attached hydrogen (secondary N) is 1. The maximum Gasteiger partial charge on any atom is 0.269 e. The van der Waals surface area contributed by atoms with Crippen LogP contribution < -0.4 is 19.5 Å². The summed E-state index contributed by atoms with van der Waals surface area (Å²) in [5.41, 5.74) is 2.54. The highest BCUT2D eigenvalue weighted by Gasteiger charge is 2.27. The standard InChI is InChI=1S/C24H21N5O4/c1-15-16(2)29(14-27-15)22-11-23(26-13-25-22)32-18-9-7-17(8-10-18)28-24(30)21-12-31-19-5-3-4-6-20(19)33-21/h3-11,13-14,21H,12H2,1-2H3,(H,28,30). The van der Waals surface area contributed by atoms with Crippen LogP contribution in [0.15, 0.2) is 67.3 Å². The molecule has 166 valence electrons. The third-order valence-electron chi connectivity index (χ3n) is 5.27. The smallest absolute Gasteiger partial charge is 0.269 e. The van der Waals surface area contributed by atoms with Gasteiger partial charge >= 0.3 is 0 Å². The molecule has 1 unspecified atom stereocenters. The summed E-state index contributed by atoms with van der Waals surface area (Å²) in [4.78, 5) is 25.4. The molecule has 1 amide bonds. The summed E-state index contributed by atoms with van der Waals surface area (Å²) in [6, 6.07) is 16.0. The van der Waals surface area contributed by atoms with Crippen LogP contribution in [0.1, 0.15) is 11.4 Å². The summed E-state index contributed by atoms with van der Waals surface area (Å²) in [5.74, 6) is 2.53. The van der Waals surface area contributed by atoms with E-state index in [9.17, 15) is 4.79 Å². The number of aromatic nitrogens is 4. The van der Waals surface area contributed by atoms with Gasteiger partial charge in [-0.1, -0.05) is 12.1 Å². The molecule has 5 rings (SSSR count). The van der Waals surface area contributed by atoms with Gasteiger partial charge in [0.25, 0.3) is 5.91 Å². The maximum atomic E-state index is 12.6. The molecule has 2 aromatic carbocycles. The van der Waals surface area contributed by atoms with Gasteiger partial charge in [-0.3, -0.25) is 9.36 Å². The molecule has 1 atom stereocenters. The van der Waals surface area contributed by atoms with Gasteiger partial charge in [-0.2, -0.15) is 0 Å². The topological polar surface area (TPSA) is 100 Å². The van der Waals surface area contributed by atoms with Crippen LogP contribution >= 0.6 is 0 Å². The number of imidazole rings is 1. The average molecular weight is 443 g/mol. The molecule has 0 radical (unpaired) electrons. The molecule has 2 aromatic heterocycles. The number of para-hydroxylation sites is 2. The van der Waals surface area contributed by atoms with Crippen LogP contribution in [-0.2, 0) is 4.79 Å². The first-order chi connectivity index (χ1) is 16.1. The van der Waals surface area contributed by atoms with Crippen molar-refractivity contribution in [1.82, 2.24) is 19.5 Å². The van der Waals surface area contributed by atoms with Crippen molar-refractivity contribution in [2.45, 2.75) is 20.0 Å². The number of rotatable bonds is 5. The van der Waals surface area contributed by atoms with E-state index in [4.69, 9.17) is 14.2 Å². The molecule has 4 aromatic rings. The molecule has 1 N–H and O–H groups in total. The van der Waals surface area contributed by atoms with Gasteiger partial charge in [0.15, 0.2) is 11.5 Å². The van der Waals surface area contributed by atoms with Crippen LogP contribution in [-0.4, -0.2) is 38.1 Å². The first-order valence-corrected chi connectivity index (χ1v) is 10.4. The molecule has 3 heterocycles. The zero-order valence-corrected chi connectivity index (χ0v) is 18.1. The SMILES string of the molecule is Cc1ncn(-c2cc(Oc3ccc(NC(=O)C4COc5ccccc5O4)cc3)ncn2)c1C. The monoisotopic (exact) mass is 443 g/mol. The van der Waals surface area contributed by atoms with E-state index in [0.29, 0.717) is 34.6 Å². The Balaban J connectivity index is 1.23. The lowest BCUT2D eigenvalue weighted by atomic mass is 10.2. The van der Waals surface area contributed by atoms with E-state index in [1.54, 1.807) is 48.8 Å². The van der Waals surface area contributed by atoms with E-state index in [1.807, 2.05) is 30.5 Å². The molecule has 1 aliphatic heterocycles. The Bertz CT molecular complexity index is 1300. The molecule has 33 heavy (non-hydrogen) atoms. The zero-order valence-electron chi connectivity index (χ0n) is 18.1. The van der Waals surface area contributed by atoms with Crippen molar-refractivity contribution in [2.24, 2.45) is 0 Å². The Labute approximate surface area is 190 Å². The quantitative estimate of drug-likeness (QED) is 0.500. The molecule has 0 saturated carbocycles. The Morgan fingerprint density at radius 2 is 1.85 bits per heavy atom. The fourth-order valence-electron chi connectivity index (χ4n) is 3.35. The van der Waals surface area contributed by atoms with E-state index < -0.39 is 6.10 Å². The summed E-state index contributed by atoms with van der Waals surface area (Å²) in [6.07, 6.45) is 2.43. The number of anilines is 1. The second kappa shape index (κ2) is 8.62. The van der Waals surface area contributed by atoms with Gasteiger partial charge in [-0.05, 0) is 50.2 Å². The Morgan fingerprint density at radius 3 is 2.61 bits per heavy atom. The number of aryl methyl sites for hydroxylation is 1. The van der Waals surface area contributed by atoms with Crippen molar-refractivity contribution in [2.75, 3.05) is 11.9 Å². The molecule has 9 heteroatoms. The van der Waals surface area contributed by atoms with Crippen molar-refractivity contribution < 1.29 is 19.0 Å². The number of carbonyl (C=O) groups excluding carboxylic acids is 1. The number of hydrogen-bond donors (Lipinski definition) is 1. The van der Waals surface area contributed by atoms with Gasteiger partial charge in [0.05, 0.1) is 5.69 Å². The van der Waals surface area contributed by atoms with Gasteiger partial charge in [0, 0.05) is 17.4 Å². The summed E-state index contributed by atoms with van der Waals surface area (Å²) in [7, 11) is 0. The molecule has 0 aliphatic carbocycles. The van der Waals surface area contributed by atoms with E-state index >= 15 is 0 Å². The Kier molecular flexibility index (Phi) is 5.35. The van der Waals surface area contributed by atoms with Crippen molar-refractivity contribution in [1.29, 1.82) is 0 Å². The lowest BCUT2D eigenvalue weighted by molar-refractivity contribution is -0.125. The van der Waals surface area contributed by atoms with Gasteiger partial charge in [-0.15, -0.1) is 0 Å². The normalized spacial score (nSPS) is 14.5. The molecule has 0 bridgehead atoms. The number of amides is 1. The third kappa shape index (κ3) is 4.33. The van der Waals surface area contributed by atoms with Gasteiger partial charge in [-0.25, -0.2) is 15.0 Å². The second-order valence-corrected chi connectivity index (χ2v) is 7.48. The van der Waals surface area contributed by atoms with Crippen molar-refractivity contribution in [3.05, 3.63) is 78.6 Å². The molecule has 0 saturated heterocycles. The van der Waals surface area contributed by atoms with Crippen molar-refractivity contribution in [3.8, 4) is 28.9 Å². The lowest BCUT2D eigenvalue weighted by Gasteiger charge is -2.25. The molecular weight excluding hydrogens is 422 g/mol. The summed E-state index contributed by atoms with van der Waals surface area (Å²) in [6.45, 7) is 4.06. The van der Waals surface area contributed by atoms with Crippen molar-refractivity contribution >= 4 is 11.6 Å². The maximum absolute atomic E-state index is 12.6. The first-order valence-electron chi connectivity index (χ1n) is 10.4. The average Bonchev–Trinajstić information content (AvgIpc) is 3.18. The number of hydrogen-bond acceptors (Lipinski definition) is 7. The highest BCUT2D eigenvalue weighted by Crippen LogP contribution is 2.31. The highest BCUT2D eigenvalue weighted by molar-refractivity contribution is 5.94. The van der Waals surface area contributed by atoms with Gasteiger partial charge in [0.2, 0.25) is 12.0 Å². The Hall–Kier alpha value is -4.40. The van der Waals surface area contributed by atoms with E-state index in [0.717, 1.165) is 11.4 Å². The molecule has 0 spiro atoms. The summed E-state index contributed by atoms with van der Waals surface area (Å²) in [5, 5.41) is 2.84. The number of fused-ring (bicyclic) bond motifs is 1. The minimum absolute atomic E-state index is 0.149. The van der Waals surface area contributed by atoms with Crippen LogP contribution in [0.5, 0.6) is 23.1 Å². The van der Waals surface area contributed by atoms with Crippen LogP contribution in [0.25, 0.3) is 5.82 Å². The Morgan fingerprint density at radius 1 is 1.06 bits per heavy atom. The fourth-order valence-corrected chi connectivity index (χ4v) is 3.35.